The molecule has 0 saturated carbocycles. The van der Waals surface area contributed by atoms with Crippen LogP contribution in [0.4, 0.5) is 0 Å². The first-order valence-electron chi connectivity index (χ1n) is 6.78. The number of hydrogen-bond acceptors (Lipinski definition) is 4. The van der Waals surface area contributed by atoms with Crippen molar-refractivity contribution < 1.29 is 13.9 Å². The zero-order valence-electron chi connectivity index (χ0n) is 12.0. The second kappa shape index (κ2) is 7.72. The van der Waals surface area contributed by atoms with Crippen molar-refractivity contribution in [3.05, 3.63) is 53.5 Å². The number of benzene rings is 1. The van der Waals surface area contributed by atoms with Gasteiger partial charge in [-0.1, -0.05) is 18.2 Å². The number of ether oxygens (including phenoxy) is 2. The van der Waals surface area contributed by atoms with Gasteiger partial charge in [0, 0.05) is 12.1 Å². The zero-order valence-corrected chi connectivity index (χ0v) is 12.0. The van der Waals surface area contributed by atoms with E-state index < -0.39 is 0 Å². The smallest absolute Gasteiger partial charge is 0.130 e. The summed E-state index contributed by atoms with van der Waals surface area (Å²) in [5, 5.41) is 3.11. The van der Waals surface area contributed by atoms with Crippen molar-refractivity contribution in [3.63, 3.8) is 0 Å². The molecule has 0 fully saturated rings. The van der Waals surface area contributed by atoms with E-state index in [1.165, 1.54) is 5.56 Å². The van der Waals surface area contributed by atoms with E-state index in [-0.39, 0.29) is 0 Å². The Morgan fingerprint density at radius 1 is 1.15 bits per heavy atom. The molecule has 0 saturated heterocycles. The van der Waals surface area contributed by atoms with Crippen molar-refractivity contribution in [2.75, 3.05) is 20.3 Å². The summed E-state index contributed by atoms with van der Waals surface area (Å²) < 4.78 is 16.7. The van der Waals surface area contributed by atoms with Crippen LogP contribution in [-0.2, 0) is 17.9 Å². The lowest BCUT2D eigenvalue weighted by Gasteiger charge is -2.05. The van der Waals surface area contributed by atoms with Crippen molar-refractivity contribution in [1.82, 2.24) is 5.32 Å². The maximum atomic E-state index is 5.63. The molecular formula is C16H21NO3. The molecule has 1 aromatic heterocycles. The van der Waals surface area contributed by atoms with Crippen LogP contribution in [0.3, 0.4) is 0 Å². The number of para-hydroxylation sites is 1. The lowest BCUT2D eigenvalue weighted by Crippen LogP contribution is -2.06. The van der Waals surface area contributed by atoms with Gasteiger partial charge in [0.25, 0.3) is 0 Å². The third kappa shape index (κ3) is 4.40. The Bertz CT molecular complexity index is 508. The van der Waals surface area contributed by atoms with Crippen LogP contribution in [0.2, 0.25) is 0 Å². The van der Waals surface area contributed by atoms with Crippen molar-refractivity contribution in [2.45, 2.75) is 20.1 Å². The zero-order chi connectivity index (χ0) is 14.2. The van der Waals surface area contributed by atoms with E-state index in [1.807, 2.05) is 50.4 Å². The maximum Gasteiger partial charge on any atom is 0.130 e. The van der Waals surface area contributed by atoms with Crippen LogP contribution >= 0.6 is 0 Å². The maximum absolute atomic E-state index is 5.63. The molecule has 0 amide bonds. The molecule has 0 bridgehead atoms. The highest BCUT2D eigenvalue weighted by atomic mass is 16.5. The molecule has 0 radical (unpaired) electrons. The molecule has 4 nitrogen and oxygen atoms in total. The van der Waals surface area contributed by atoms with E-state index in [1.54, 1.807) is 0 Å². The van der Waals surface area contributed by atoms with Crippen molar-refractivity contribution in [1.29, 1.82) is 0 Å². The van der Waals surface area contributed by atoms with Crippen LogP contribution in [0.25, 0.3) is 0 Å². The van der Waals surface area contributed by atoms with E-state index in [0.717, 1.165) is 23.8 Å². The van der Waals surface area contributed by atoms with Gasteiger partial charge in [0.2, 0.25) is 0 Å². The van der Waals surface area contributed by atoms with Crippen LogP contribution in [0.1, 0.15) is 17.1 Å². The molecule has 108 valence electrons. The Balaban J connectivity index is 1.67. The van der Waals surface area contributed by atoms with Crippen molar-refractivity contribution >= 4 is 0 Å². The van der Waals surface area contributed by atoms with Gasteiger partial charge in [-0.2, -0.15) is 0 Å². The highest BCUT2D eigenvalue weighted by Crippen LogP contribution is 2.15. The summed E-state index contributed by atoms with van der Waals surface area (Å²) in [4.78, 5) is 0. The molecule has 2 aromatic rings. The van der Waals surface area contributed by atoms with Crippen LogP contribution in [-0.4, -0.2) is 20.3 Å². The first-order valence-corrected chi connectivity index (χ1v) is 6.78. The second-order valence-electron chi connectivity index (χ2n) is 4.54. The molecule has 2 rings (SSSR count). The predicted octanol–water partition coefficient (Wildman–Crippen LogP) is 2.90. The molecule has 0 unspecified atom stereocenters. The summed E-state index contributed by atoms with van der Waals surface area (Å²) >= 11 is 0. The Labute approximate surface area is 119 Å². The quantitative estimate of drug-likeness (QED) is 0.752. The SMILES string of the molecule is CNCc1cc(COCCOc2ccccc2)oc1C. The van der Waals surface area contributed by atoms with E-state index in [0.29, 0.717) is 19.8 Å². The van der Waals surface area contributed by atoms with Crippen LogP contribution in [0.15, 0.2) is 40.8 Å². The van der Waals surface area contributed by atoms with E-state index >= 15 is 0 Å². The largest absolute Gasteiger partial charge is 0.491 e. The third-order valence-electron chi connectivity index (χ3n) is 2.92. The van der Waals surface area contributed by atoms with Gasteiger partial charge in [-0.15, -0.1) is 0 Å². The highest BCUT2D eigenvalue weighted by Gasteiger charge is 2.06. The first kappa shape index (κ1) is 14.6. The van der Waals surface area contributed by atoms with Crippen LogP contribution < -0.4 is 10.1 Å². The third-order valence-corrected chi connectivity index (χ3v) is 2.92. The van der Waals surface area contributed by atoms with E-state index in [2.05, 4.69) is 5.32 Å². The van der Waals surface area contributed by atoms with Gasteiger partial charge in [0.15, 0.2) is 0 Å². The van der Waals surface area contributed by atoms with Crippen molar-refractivity contribution in [2.24, 2.45) is 0 Å². The molecule has 20 heavy (non-hydrogen) atoms. The molecule has 4 heteroatoms. The topological polar surface area (TPSA) is 43.6 Å². The van der Waals surface area contributed by atoms with Crippen LogP contribution in [0.5, 0.6) is 5.75 Å². The molecule has 1 heterocycles. The summed E-state index contributed by atoms with van der Waals surface area (Å²) in [7, 11) is 1.92. The average molecular weight is 275 g/mol. The molecule has 0 aliphatic carbocycles. The summed E-state index contributed by atoms with van der Waals surface area (Å²) in [5.74, 6) is 2.66. The van der Waals surface area contributed by atoms with Gasteiger partial charge in [-0.3, -0.25) is 0 Å². The molecule has 0 atom stereocenters. The number of aryl methyl sites for hydroxylation is 1. The second-order valence-corrected chi connectivity index (χ2v) is 4.54. The minimum Gasteiger partial charge on any atom is -0.491 e. The minimum absolute atomic E-state index is 0.475. The molecule has 1 N–H and O–H groups in total. The summed E-state index contributed by atoms with van der Waals surface area (Å²) in [6.07, 6.45) is 0. The van der Waals surface area contributed by atoms with Crippen molar-refractivity contribution in [3.8, 4) is 5.75 Å². The number of rotatable bonds is 8. The molecule has 0 aliphatic rings. The van der Waals surface area contributed by atoms with Crippen LogP contribution in [0, 0.1) is 6.92 Å². The fraction of sp³-hybridized carbons (Fsp3) is 0.375. The fourth-order valence-electron chi connectivity index (χ4n) is 1.93. The minimum atomic E-state index is 0.475. The summed E-state index contributed by atoms with van der Waals surface area (Å²) in [5.41, 5.74) is 1.17. The number of nitrogens with one attached hydrogen (secondary N) is 1. The molecule has 0 aliphatic heterocycles. The van der Waals surface area contributed by atoms with E-state index in [9.17, 15) is 0 Å². The highest BCUT2D eigenvalue weighted by molar-refractivity contribution is 5.21. The van der Waals surface area contributed by atoms with Gasteiger partial charge < -0.3 is 19.2 Å². The number of furan rings is 1. The Kier molecular flexibility index (Phi) is 5.65. The standard InChI is InChI=1S/C16H21NO3/c1-13-14(11-17-2)10-16(20-13)12-18-8-9-19-15-6-4-3-5-7-15/h3-7,10,17H,8-9,11-12H2,1-2H3. The summed E-state index contributed by atoms with van der Waals surface area (Å²) in [6, 6.07) is 11.8. The Morgan fingerprint density at radius 2 is 1.95 bits per heavy atom. The van der Waals surface area contributed by atoms with Gasteiger partial charge in [-0.05, 0) is 32.2 Å². The average Bonchev–Trinajstić information content (AvgIpc) is 2.80. The normalized spacial score (nSPS) is 10.7. The monoisotopic (exact) mass is 275 g/mol. The van der Waals surface area contributed by atoms with Gasteiger partial charge >= 0.3 is 0 Å². The Morgan fingerprint density at radius 3 is 2.70 bits per heavy atom. The molecule has 0 spiro atoms. The molecular weight excluding hydrogens is 254 g/mol. The lowest BCUT2D eigenvalue weighted by molar-refractivity contribution is 0.0777. The number of hydrogen-bond donors (Lipinski definition) is 1. The lowest BCUT2D eigenvalue weighted by atomic mass is 10.2. The van der Waals surface area contributed by atoms with Gasteiger partial charge in [0.05, 0.1) is 6.61 Å². The van der Waals surface area contributed by atoms with Gasteiger partial charge in [0.1, 0.15) is 30.5 Å². The fourth-order valence-corrected chi connectivity index (χ4v) is 1.93. The predicted molar refractivity (Wildman–Crippen MR) is 77.8 cm³/mol. The molecule has 1 aromatic carbocycles. The van der Waals surface area contributed by atoms with E-state index in [4.69, 9.17) is 13.9 Å². The summed E-state index contributed by atoms with van der Waals surface area (Å²) in [6.45, 7) is 4.33. The first-order chi connectivity index (χ1) is 9.79. The Hall–Kier alpha value is -1.78. The van der Waals surface area contributed by atoms with Gasteiger partial charge in [-0.25, -0.2) is 0 Å².